The van der Waals surface area contributed by atoms with Crippen molar-refractivity contribution in [2.24, 2.45) is 7.05 Å². The number of carbonyl (C=O) groups excluding carboxylic acids is 1. The molecule has 0 aliphatic heterocycles. The molecule has 6 nitrogen and oxygen atoms in total. The van der Waals surface area contributed by atoms with Crippen LogP contribution in [0.4, 0.5) is 5.95 Å². The molecular formula is C9H13N5OS. The summed E-state index contributed by atoms with van der Waals surface area (Å²) in [5.74, 6) is 2.52. The maximum Gasteiger partial charge on any atom is 0.234 e. The van der Waals surface area contributed by atoms with Gasteiger partial charge in [0, 0.05) is 7.05 Å². The van der Waals surface area contributed by atoms with E-state index in [0.29, 0.717) is 11.1 Å². The first-order valence-electron chi connectivity index (χ1n) is 4.59. The maximum absolute atomic E-state index is 11.5. The third kappa shape index (κ3) is 2.90. The SMILES string of the molecule is C#CCNC(=O)C(C)Sc1nnc(N)n1C. The van der Waals surface area contributed by atoms with Crippen LogP contribution in [0, 0.1) is 12.3 Å². The van der Waals surface area contributed by atoms with Crippen LogP contribution in [0.15, 0.2) is 5.16 Å². The number of nitrogen functional groups attached to an aromatic ring is 1. The predicted molar refractivity (Wildman–Crippen MR) is 62.6 cm³/mol. The zero-order valence-electron chi connectivity index (χ0n) is 9.10. The van der Waals surface area contributed by atoms with E-state index in [0.717, 1.165) is 0 Å². The summed E-state index contributed by atoms with van der Waals surface area (Å²) in [7, 11) is 1.74. The van der Waals surface area contributed by atoms with Crippen molar-refractivity contribution in [3.05, 3.63) is 0 Å². The number of nitrogens with two attached hydrogens (primary N) is 1. The van der Waals surface area contributed by atoms with Gasteiger partial charge in [0.2, 0.25) is 11.9 Å². The van der Waals surface area contributed by atoms with Gasteiger partial charge in [-0.2, -0.15) is 0 Å². The molecule has 0 aromatic carbocycles. The highest BCUT2D eigenvalue weighted by Crippen LogP contribution is 2.21. The normalized spacial score (nSPS) is 11.8. The Morgan fingerprint density at radius 3 is 2.94 bits per heavy atom. The Hall–Kier alpha value is -1.68. The minimum Gasteiger partial charge on any atom is -0.368 e. The van der Waals surface area contributed by atoms with Gasteiger partial charge in [-0.15, -0.1) is 16.6 Å². The van der Waals surface area contributed by atoms with E-state index in [2.05, 4.69) is 21.4 Å². The first-order valence-corrected chi connectivity index (χ1v) is 5.47. The Morgan fingerprint density at radius 2 is 2.44 bits per heavy atom. The van der Waals surface area contributed by atoms with E-state index in [1.54, 1.807) is 18.5 Å². The molecule has 0 saturated carbocycles. The van der Waals surface area contributed by atoms with Gasteiger partial charge < -0.3 is 11.1 Å². The van der Waals surface area contributed by atoms with Gasteiger partial charge in [0.1, 0.15) is 0 Å². The standard InChI is InChI=1S/C9H13N5OS/c1-4-5-11-7(15)6(2)16-9-13-12-8(10)14(9)3/h1,6H,5H2,2-3H3,(H2,10,12)(H,11,15). The molecular weight excluding hydrogens is 226 g/mol. The van der Waals surface area contributed by atoms with Crippen LogP contribution < -0.4 is 11.1 Å². The Labute approximate surface area is 98.0 Å². The highest BCUT2D eigenvalue weighted by atomic mass is 32.2. The monoisotopic (exact) mass is 239 g/mol. The lowest BCUT2D eigenvalue weighted by molar-refractivity contribution is -0.120. The van der Waals surface area contributed by atoms with Crippen LogP contribution >= 0.6 is 11.8 Å². The molecule has 0 fully saturated rings. The second kappa shape index (κ2) is 5.42. The summed E-state index contributed by atoms with van der Waals surface area (Å²) < 4.78 is 1.62. The zero-order chi connectivity index (χ0) is 12.1. The number of terminal acetylenes is 1. The molecule has 0 bridgehead atoms. The van der Waals surface area contributed by atoms with E-state index >= 15 is 0 Å². The van der Waals surface area contributed by atoms with Crippen molar-refractivity contribution in [3.63, 3.8) is 0 Å². The molecule has 0 saturated heterocycles. The first kappa shape index (κ1) is 12.4. The van der Waals surface area contributed by atoms with Crippen molar-refractivity contribution in [2.75, 3.05) is 12.3 Å². The molecule has 3 N–H and O–H groups in total. The van der Waals surface area contributed by atoms with Crippen molar-refractivity contribution in [2.45, 2.75) is 17.3 Å². The largest absolute Gasteiger partial charge is 0.368 e. The van der Waals surface area contributed by atoms with Gasteiger partial charge in [-0.25, -0.2) is 0 Å². The van der Waals surface area contributed by atoms with Gasteiger partial charge in [-0.3, -0.25) is 9.36 Å². The zero-order valence-corrected chi connectivity index (χ0v) is 9.91. The Balaban J connectivity index is 2.58. The highest BCUT2D eigenvalue weighted by molar-refractivity contribution is 8.00. The second-order valence-corrected chi connectivity index (χ2v) is 4.39. The number of anilines is 1. The number of rotatable bonds is 4. The molecule has 1 amide bonds. The molecule has 0 aliphatic carbocycles. The lowest BCUT2D eigenvalue weighted by Gasteiger charge is -2.09. The molecule has 1 rings (SSSR count). The third-order valence-corrected chi connectivity index (χ3v) is 3.02. The van der Waals surface area contributed by atoms with Crippen LogP contribution in [0.5, 0.6) is 0 Å². The van der Waals surface area contributed by atoms with E-state index in [1.807, 2.05) is 0 Å². The molecule has 86 valence electrons. The highest BCUT2D eigenvalue weighted by Gasteiger charge is 2.17. The van der Waals surface area contributed by atoms with Crippen LogP contribution in [0.3, 0.4) is 0 Å². The fraction of sp³-hybridized carbons (Fsp3) is 0.444. The fourth-order valence-electron chi connectivity index (χ4n) is 0.922. The molecule has 1 aromatic rings. The van der Waals surface area contributed by atoms with Crippen molar-refractivity contribution < 1.29 is 4.79 Å². The van der Waals surface area contributed by atoms with Crippen LogP contribution in [0.25, 0.3) is 0 Å². The van der Waals surface area contributed by atoms with Crippen molar-refractivity contribution in [3.8, 4) is 12.3 Å². The molecule has 1 atom stereocenters. The van der Waals surface area contributed by atoms with E-state index in [-0.39, 0.29) is 17.7 Å². The predicted octanol–water partition coefficient (Wildman–Crippen LogP) is -0.373. The molecule has 0 aliphatic rings. The van der Waals surface area contributed by atoms with Crippen LogP contribution in [-0.2, 0) is 11.8 Å². The Bertz CT molecular complexity index is 422. The molecule has 1 heterocycles. The lowest BCUT2D eigenvalue weighted by atomic mass is 10.4. The van der Waals surface area contributed by atoms with Gasteiger partial charge in [-0.1, -0.05) is 17.7 Å². The summed E-state index contributed by atoms with van der Waals surface area (Å²) in [6, 6.07) is 0. The summed E-state index contributed by atoms with van der Waals surface area (Å²) in [5, 5.41) is 10.4. The van der Waals surface area contributed by atoms with Gasteiger partial charge in [0.15, 0.2) is 5.16 Å². The lowest BCUT2D eigenvalue weighted by Crippen LogP contribution is -2.31. The molecule has 16 heavy (non-hydrogen) atoms. The smallest absolute Gasteiger partial charge is 0.234 e. The Kier molecular flexibility index (Phi) is 4.19. The second-order valence-electron chi connectivity index (χ2n) is 3.08. The average Bonchev–Trinajstić information content (AvgIpc) is 2.57. The summed E-state index contributed by atoms with van der Waals surface area (Å²) >= 11 is 1.28. The molecule has 0 radical (unpaired) electrons. The summed E-state index contributed by atoms with van der Waals surface area (Å²) in [6.07, 6.45) is 5.04. The topological polar surface area (TPSA) is 85.8 Å². The van der Waals surface area contributed by atoms with E-state index < -0.39 is 0 Å². The average molecular weight is 239 g/mol. The van der Waals surface area contributed by atoms with Crippen LogP contribution in [-0.4, -0.2) is 32.5 Å². The van der Waals surface area contributed by atoms with Crippen molar-refractivity contribution in [1.29, 1.82) is 0 Å². The summed E-state index contributed by atoms with van der Waals surface area (Å²) in [4.78, 5) is 11.5. The summed E-state index contributed by atoms with van der Waals surface area (Å²) in [6.45, 7) is 1.99. The molecule has 0 spiro atoms. The molecule has 1 unspecified atom stereocenters. The van der Waals surface area contributed by atoms with Gasteiger partial charge >= 0.3 is 0 Å². The quantitative estimate of drug-likeness (QED) is 0.553. The summed E-state index contributed by atoms with van der Waals surface area (Å²) in [5.41, 5.74) is 5.52. The first-order chi connectivity index (χ1) is 7.56. The van der Waals surface area contributed by atoms with Crippen LogP contribution in [0.1, 0.15) is 6.92 Å². The number of nitrogens with zero attached hydrogens (tertiary/aromatic N) is 3. The number of hydrogen-bond acceptors (Lipinski definition) is 5. The number of thioether (sulfide) groups is 1. The van der Waals surface area contributed by atoms with Gasteiger partial charge in [-0.05, 0) is 6.92 Å². The van der Waals surface area contributed by atoms with Crippen molar-refractivity contribution in [1.82, 2.24) is 20.1 Å². The van der Waals surface area contributed by atoms with E-state index in [4.69, 9.17) is 12.2 Å². The fourth-order valence-corrected chi connectivity index (χ4v) is 1.77. The van der Waals surface area contributed by atoms with Gasteiger partial charge in [0.25, 0.3) is 0 Å². The number of nitrogens with one attached hydrogen (secondary N) is 1. The minimum atomic E-state index is -0.296. The van der Waals surface area contributed by atoms with Gasteiger partial charge in [0.05, 0.1) is 11.8 Å². The number of hydrogen-bond donors (Lipinski definition) is 2. The van der Waals surface area contributed by atoms with Crippen molar-refractivity contribution >= 4 is 23.6 Å². The van der Waals surface area contributed by atoms with Crippen LogP contribution in [0.2, 0.25) is 0 Å². The molecule has 7 heteroatoms. The van der Waals surface area contributed by atoms with E-state index in [9.17, 15) is 4.79 Å². The maximum atomic E-state index is 11.5. The van der Waals surface area contributed by atoms with E-state index in [1.165, 1.54) is 11.8 Å². The number of aromatic nitrogens is 3. The minimum absolute atomic E-state index is 0.135. The third-order valence-electron chi connectivity index (χ3n) is 1.88. The Morgan fingerprint density at radius 1 is 1.75 bits per heavy atom. The number of carbonyl (C=O) groups is 1. The number of amides is 1. The molecule has 1 aromatic heterocycles.